The molecule has 1 aromatic rings. The van der Waals surface area contributed by atoms with Gasteiger partial charge in [-0.3, -0.25) is 4.90 Å². The maximum Gasteiger partial charge on any atom is 0.244 e. The third-order valence-corrected chi connectivity index (χ3v) is 7.35. The lowest BCUT2D eigenvalue weighted by atomic mass is 10.1. The van der Waals surface area contributed by atoms with Crippen LogP contribution in [0.2, 0.25) is 0 Å². The summed E-state index contributed by atoms with van der Waals surface area (Å²) in [6.45, 7) is 3.50. The maximum absolute atomic E-state index is 12.8. The van der Waals surface area contributed by atoms with E-state index >= 15 is 0 Å². The fraction of sp³-hybridized carbons (Fsp3) is 0.600. The summed E-state index contributed by atoms with van der Waals surface area (Å²) in [5.74, 6) is 0. The molecule has 0 bridgehead atoms. The van der Waals surface area contributed by atoms with Crippen molar-refractivity contribution in [2.45, 2.75) is 36.6 Å². The van der Waals surface area contributed by atoms with E-state index in [4.69, 9.17) is 0 Å². The first-order valence-corrected chi connectivity index (χ1v) is 9.81. The third-order valence-electron chi connectivity index (χ3n) is 4.47. The number of nitrogens with zero attached hydrogens (tertiary/aromatic N) is 2. The predicted octanol–water partition coefficient (Wildman–Crippen LogP) is 2.70. The van der Waals surface area contributed by atoms with Crippen LogP contribution in [0.1, 0.15) is 25.7 Å². The lowest BCUT2D eigenvalue weighted by molar-refractivity contribution is 0.162. The van der Waals surface area contributed by atoms with E-state index in [1.165, 1.54) is 12.8 Å². The van der Waals surface area contributed by atoms with Crippen molar-refractivity contribution in [1.82, 2.24) is 9.21 Å². The molecule has 0 spiro atoms. The van der Waals surface area contributed by atoms with Gasteiger partial charge in [-0.15, -0.1) is 0 Å². The zero-order chi connectivity index (χ0) is 14.9. The topological polar surface area (TPSA) is 40.6 Å². The molecule has 2 aliphatic rings. The smallest absolute Gasteiger partial charge is 0.244 e. The minimum atomic E-state index is -3.40. The lowest BCUT2D eigenvalue weighted by Crippen LogP contribution is -2.48. The summed E-state index contributed by atoms with van der Waals surface area (Å²) in [6.07, 6.45) is 4.55. The van der Waals surface area contributed by atoms with Crippen LogP contribution in [0.25, 0.3) is 0 Å². The van der Waals surface area contributed by atoms with Crippen molar-refractivity contribution < 1.29 is 8.42 Å². The molecule has 4 nitrogen and oxygen atoms in total. The summed E-state index contributed by atoms with van der Waals surface area (Å²) >= 11 is 3.36. The quantitative estimate of drug-likeness (QED) is 0.818. The number of piperidine rings is 1. The van der Waals surface area contributed by atoms with Gasteiger partial charge in [0.15, 0.2) is 0 Å². The number of hydrogen-bond acceptors (Lipinski definition) is 3. The van der Waals surface area contributed by atoms with E-state index in [-0.39, 0.29) is 0 Å². The molecular weight excluding hydrogens is 352 g/mol. The largest absolute Gasteiger partial charge is 0.299 e. The van der Waals surface area contributed by atoms with E-state index in [2.05, 4.69) is 20.8 Å². The van der Waals surface area contributed by atoms with Crippen LogP contribution in [0.5, 0.6) is 0 Å². The Morgan fingerprint density at radius 2 is 1.76 bits per heavy atom. The van der Waals surface area contributed by atoms with Crippen molar-refractivity contribution >= 4 is 26.0 Å². The Labute approximate surface area is 135 Å². The van der Waals surface area contributed by atoms with Crippen molar-refractivity contribution in [1.29, 1.82) is 0 Å². The zero-order valence-corrected chi connectivity index (χ0v) is 14.4. The van der Waals surface area contributed by atoms with Gasteiger partial charge in [0.25, 0.3) is 0 Å². The summed E-state index contributed by atoms with van der Waals surface area (Å²) in [7, 11) is -3.40. The standard InChI is InChI=1S/C15H21BrN2O2S/c16-14-7-1-2-8-15(14)21(19,20)18-11-5-6-13(12-18)17-9-3-4-10-17/h1-2,7-8,13H,3-6,9-12H2. The highest BCUT2D eigenvalue weighted by Crippen LogP contribution is 2.28. The first-order chi connectivity index (χ1) is 10.1. The SMILES string of the molecule is O=S(=O)(c1ccccc1Br)N1CCCC(N2CCCC2)C1. The van der Waals surface area contributed by atoms with Gasteiger partial charge in [0.05, 0.1) is 4.90 Å². The van der Waals surface area contributed by atoms with E-state index in [1.807, 2.05) is 6.07 Å². The molecule has 2 heterocycles. The van der Waals surface area contributed by atoms with E-state index in [1.54, 1.807) is 22.5 Å². The van der Waals surface area contributed by atoms with Crippen LogP contribution in [-0.4, -0.2) is 49.8 Å². The Balaban J connectivity index is 1.80. The van der Waals surface area contributed by atoms with Gasteiger partial charge in [-0.2, -0.15) is 4.31 Å². The molecule has 116 valence electrons. The Bertz CT molecular complexity index is 599. The van der Waals surface area contributed by atoms with Gasteiger partial charge >= 0.3 is 0 Å². The van der Waals surface area contributed by atoms with E-state index in [9.17, 15) is 8.42 Å². The molecule has 0 N–H and O–H groups in total. The van der Waals surface area contributed by atoms with Crippen molar-refractivity contribution in [3.8, 4) is 0 Å². The molecule has 0 aliphatic carbocycles. The number of likely N-dealkylation sites (tertiary alicyclic amines) is 1. The molecule has 2 fully saturated rings. The van der Waals surface area contributed by atoms with Gasteiger partial charge in [0, 0.05) is 23.6 Å². The second-order valence-corrected chi connectivity index (χ2v) is 8.59. The van der Waals surface area contributed by atoms with Gasteiger partial charge < -0.3 is 0 Å². The summed E-state index contributed by atoms with van der Waals surface area (Å²) in [5.41, 5.74) is 0. The van der Waals surface area contributed by atoms with Crippen molar-refractivity contribution in [3.05, 3.63) is 28.7 Å². The summed E-state index contributed by atoms with van der Waals surface area (Å²) < 4.78 is 28.0. The normalized spacial score (nSPS) is 25.3. The van der Waals surface area contributed by atoms with E-state index in [0.717, 1.165) is 25.9 Å². The molecule has 1 unspecified atom stereocenters. The van der Waals surface area contributed by atoms with Gasteiger partial charge in [-0.1, -0.05) is 12.1 Å². The number of halogens is 1. The highest BCUT2D eigenvalue weighted by Gasteiger charge is 2.34. The Hall–Kier alpha value is -0.430. The first-order valence-electron chi connectivity index (χ1n) is 7.58. The second-order valence-electron chi connectivity index (χ2n) is 5.83. The van der Waals surface area contributed by atoms with E-state index < -0.39 is 10.0 Å². The van der Waals surface area contributed by atoms with Crippen LogP contribution in [0.15, 0.2) is 33.6 Å². The highest BCUT2D eigenvalue weighted by molar-refractivity contribution is 9.10. The van der Waals surface area contributed by atoms with E-state index in [0.29, 0.717) is 28.5 Å². The molecule has 21 heavy (non-hydrogen) atoms. The molecule has 0 radical (unpaired) electrons. The average molecular weight is 373 g/mol. The molecule has 1 atom stereocenters. The summed E-state index contributed by atoms with van der Waals surface area (Å²) in [4.78, 5) is 2.84. The minimum Gasteiger partial charge on any atom is -0.299 e. The molecule has 3 rings (SSSR count). The number of sulfonamides is 1. The number of hydrogen-bond donors (Lipinski definition) is 0. The molecule has 0 amide bonds. The molecule has 2 saturated heterocycles. The van der Waals surface area contributed by atoms with Crippen LogP contribution in [0.4, 0.5) is 0 Å². The second kappa shape index (κ2) is 6.36. The molecule has 0 aromatic heterocycles. The molecule has 6 heteroatoms. The maximum atomic E-state index is 12.8. The minimum absolute atomic E-state index is 0.382. The fourth-order valence-electron chi connectivity index (χ4n) is 3.34. The van der Waals surface area contributed by atoms with Crippen molar-refractivity contribution in [2.75, 3.05) is 26.2 Å². The van der Waals surface area contributed by atoms with Crippen LogP contribution >= 0.6 is 15.9 Å². The van der Waals surface area contributed by atoms with Crippen molar-refractivity contribution in [3.63, 3.8) is 0 Å². The lowest BCUT2D eigenvalue weighted by Gasteiger charge is -2.36. The number of rotatable bonds is 3. The summed E-state index contributed by atoms with van der Waals surface area (Å²) in [6, 6.07) is 7.47. The summed E-state index contributed by atoms with van der Waals surface area (Å²) in [5, 5.41) is 0. The fourth-order valence-corrected chi connectivity index (χ4v) is 5.82. The molecular formula is C15H21BrN2O2S. The molecule has 2 aliphatic heterocycles. The Morgan fingerprint density at radius 3 is 2.48 bits per heavy atom. The van der Waals surface area contributed by atoms with Gasteiger partial charge in [-0.25, -0.2) is 8.42 Å². The van der Waals surface area contributed by atoms with Crippen LogP contribution in [-0.2, 0) is 10.0 Å². The predicted molar refractivity (Wildman–Crippen MR) is 86.7 cm³/mol. The Kier molecular flexibility index (Phi) is 4.69. The van der Waals surface area contributed by atoms with Crippen LogP contribution < -0.4 is 0 Å². The van der Waals surface area contributed by atoms with Crippen LogP contribution in [0, 0.1) is 0 Å². The zero-order valence-electron chi connectivity index (χ0n) is 12.0. The highest BCUT2D eigenvalue weighted by atomic mass is 79.9. The molecule has 0 saturated carbocycles. The average Bonchev–Trinajstić information content (AvgIpc) is 3.02. The number of benzene rings is 1. The van der Waals surface area contributed by atoms with Crippen molar-refractivity contribution in [2.24, 2.45) is 0 Å². The third kappa shape index (κ3) is 3.18. The van der Waals surface area contributed by atoms with Gasteiger partial charge in [-0.05, 0) is 66.8 Å². The van der Waals surface area contributed by atoms with Gasteiger partial charge in [0.1, 0.15) is 0 Å². The first kappa shape index (κ1) is 15.5. The monoisotopic (exact) mass is 372 g/mol. The van der Waals surface area contributed by atoms with Gasteiger partial charge in [0.2, 0.25) is 10.0 Å². The molecule has 1 aromatic carbocycles. The van der Waals surface area contributed by atoms with Crippen LogP contribution in [0.3, 0.4) is 0 Å². The Morgan fingerprint density at radius 1 is 1.05 bits per heavy atom.